The second kappa shape index (κ2) is 7.61. The standard InChI is InChI=1S/C16H20N2O4/c1-22-11-10-18(12-16(20)21)15(19)7-9-17-8-6-13-4-2-3-5-14(13)17/h2-6,8H,7,9-12H2,1H3,(H,20,21). The number of carbonyl (C=O) groups excluding carboxylic acids is 1. The first-order chi connectivity index (χ1) is 10.6. The van der Waals surface area contributed by atoms with Crippen molar-refractivity contribution in [3.63, 3.8) is 0 Å². The van der Waals surface area contributed by atoms with Gasteiger partial charge in [-0.1, -0.05) is 18.2 Å². The van der Waals surface area contributed by atoms with Crippen molar-refractivity contribution in [2.45, 2.75) is 13.0 Å². The van der Waals surface area contributed by atoms with Crippen molar-refractivity contribution in [1.29, 1.82) is 0 Å². The average molecular weight is 304 g/mol. The molecule has 6 heteroatoms. The zero-order valence-corrected chi connectivity index (χ0v) is 12.6. The van der Waals surface area contributed by atoms with Crippen molar-refractivity contribution in [3.8, 4) is 0 Å². The number of para-hydroxylation sites is 1. The Balaban J connectivity index is 1.98. The second-order valence-corrected chi connectivity index (χ2v) is 5.02. The number of aliphatic carboxylic acids is 1. The lowest BCUT2D eigenvalue weighted by atomic mass is 10.2. The fraction of sp³-hybridized carbons (Fsp3) is 0.375. The Morgan fingerprint density at radius 3 is 2.77 bits per heavy atom. The van der Waals surface area contributed by atoms with Crippen molar-refractivity contribution in [1.82, 2.24) is 9.47 Å². The lowest BCUT2D eigenvalue weighted by Crippen LogP contribution is -2.38. The lowest BCUT2D eigenvalue weighted by molar-refractivity contribution is -0.145. The third-order valence-corrected chi connectivity index (χ3v) is 3.49. The average Bonchev–Trinajstić information content (AvgIpc) is 2.92. The Bertz CT molecular complexity index is 650. The summed E-state index contributed by atoms with van der Waals surface area (Å²) < 4.78 is 6.92. The third kappa shape index (κ3) is 4.08. The van der Waals surface area contributed by atoms with Crippen molar-refractivity contribution in [2.75, 3.05) is 26.8 Å². The van der Waals surface area contributed by atoms with E-state index in [1.807, 2.05) is 41.1 Å². The molecule has 0 saturated heterocycles. The van der Waals surface area contributed by atoms with Crippen LogP contribution in [0.5, 0.6) is 0 Å². The topological polar surface area (TPSA) is 71.8 Å². The van der Waals surface area contributed by atoms with Gasteiger partial charge in [0.1, 0.15) is 6.54 Å². The van der Waals surface area contributed by atoms with Crippen LogP contribution in [-0.2, 0) is 20.9 Å². The van der Waals surface area contributed by atoms with Crippen LogP contribution in [0.4, 0.5) is 0 Å². The number of ether oxygens (including phenoxy) is 1. The van der Waals surface area contributed by atoms with Crippen molar-refractivity contribution in [3.05, 3.63) is 36.5 Å². The molecule has 0 saturated carbocycles. The van der Waals surface area contributed by atoms with Gasteiger partial charge < -0.3 is 19.3 Å². The second-order valence-electron chi connectivity index (χ2n) is 5.02. The molecular formula is C16H20N2O4. The van der Waals surface area contributed by atoms with Gasteiger partial charge in [0.2, 0.25) is 5.91 Å². The number of methoxy groups -OCH3 is 1. The monoisotopic (exact) mass is 304 g/mol. The van der Waals surface area contributed by atoms with Crippen LogP contribution in [0.3, 0.4) is 0 Å². The fourth-order valence-electron chi connectivity index (χ4n) is 2.37. The summed E-state index contributed by atoms with van der Waals surface area (Å²) in [7, 11) is 1.52. The van der Waals surface area contributed by atoms with E-state index in [0.29, 0.717) is 13.2 Å². The number of benzene rings is 1. The van der Waals surface area contributed by atoms with Crippen LogP contribution in [0, 0.1) is 0 Å². The summed E-state index contributed by atoms with van der Waals surface area (Å²) in [5, 5.41) is 10.0. The lowest BCUT2D eigenvalue weighted by Gasteiger charge is -2.20. The van der Waals surface area contributed by atoms with Gasteiger partial charge in [-0.05, 0) is 17.5 Å². The van der Waals surface area contributed by atoms with E-state index in [1.54, 1.807) is 0 Å². The number of amides is 1. The number of nitrogens with zero attached hydrogens (tertiary/aromatic N) is 2. The van der Waals surface area contributed by atoms with Gasteiger partial charge in [-0.3, -0.25) is 9.59 Å². The number of aryl methyl sites for hydroxylation is 1. The molecule has 0 aliphatic heterocycles. The Hall–Kier alpha value is -2.34. The number of rotatable bonds is 8. The van der Waals surface area contributed by atoms with E-state index < -0.39 is 5.97 Å². The molecule has 1 aromatic carbocycles. The minimum Gasteiger partial charge on any atom is -0.480 e. The summed E-state index contributed by atoms with van der Waals surface area (Å²) in [4.78, 5) is 24.4. The third-order valence-electron chi connectivity index (χ3n) is 3.49. The van der Waals surface area contributed by atoms with Crippen LogP contribution >= 0.6 is 0 Å². The highest BCUT2D eigenvalue weighted by Gasteiger charge is 2.16. The summed E-state index contributed by atoms with van der Waals surface area (Å²) in [5.74, 6) is -1.20. The normalized spacial score (nSPS) is 10.8. The van der Waals surface area contributed by atoms with Crippen LogP contribution in [0.2, 0.25) is 0 Å². The highest BCUT2D eigenvalue weighted by molar-refractivity contribution is 5.82. The van der Waals surface area contributed by atoms with Crippen LogP contribution in [0.25, 0.3) is 10.9 Å². The van der Waals surface area contributed by atoms with Gasteiger partial charge in [-0.25, -0.2) is 0 Å². The maximum Gasteiger partial charge on any atom is 0.323 e. The predicted molar refractivity (Wildman–Crippen MR) is 82.6 cm³/mol. The summed E-state index contributed by atoms with van der Waals surface area (Å²) >= 11 is 0. The first-order valence-electron chi connectivity index (χ1n) is 7.14. The Kier molecular flexibility index (Phi) is 5.55. The van der Waals surface area contributed by atoms with E-state index in [9.17, 15) is 9.59 Å². The smallest absolute Gasteiger partial charge is 0.323 e. The fourth-order valence-corrected chi connectivity index (χ4v) is 2.37. The minimum atomic E-state index is -1.02. The highest BCUT2D eigenvalue weighted by Crippen LogP contribution is 2.15. The van der Waals surface area contributed by atoms with Gasteiger partial charge in [-0.2, -0.15) is 0 Å². The molecular weight excluding hydrogens is 284 g/mol. The van der Waals surface area contributed by atoms with Crippen LogP contribution in [0.15, 0.2) is 36.5 Å². The molecule has 0 unspecified atom stereocenters. The number of aromatic nitrogens is 1. The molecule has 0 atom stereocenters. The Labute approximate surface area is 128 Å². The number of carboxylic acids is 1. The van der Waals surface area contributed by atoms with Crippen molar-refractivity contribution in [2.24, 2.45) is 0 Å². The number of fused-ring (bicyclic) bond motifs is 1. The summed E-state index contributed by atoms with van der Waals surface area (Å²) in [6.07, 6.45) is 2.20. The van der Waals surface area contributed by atoms with Gasteiger partial charge >= 0.3 is 5.97 Å². The van der Waals surface area contributed by atoms with Crippen LogP contribution in [0.1, 0.15) is 6.42 Å². The first kappa shape index (κ1) is 16.0. The summed E-state index contributed by atoms with van der Waals surface area (Å²) in [6, 6.07) is 9.94. The highest BCUT2D eigenvalue weighted by atomic mass is 16.5. The van der Waals surface area contributed by atoms with Crippen molar-refractivity contribution < 1.29 is 19.4 Å². The maximum atomic E-state index is 12.2. The Morgan fingerprint density at radius 1 is 1.27 bits per heavy atom. The van der Waals surface area contributed by atoms with Gasteiger partial charge in [0.15, 0.2) is 0 Å². The van der Waals surface area contributed by atoms with Gasteiger partial charge in [0.25, 0.3) is 0 Å². The minimum absolute atomic E-state index is 0.183. The molecule has 1 aromatic heterocycles. The van der Waals surface area contributed by atoms with E-state index in [-0.39, 0.29) is 25.4 Å². The predicted octanol–water partition coefficient (Wildman–Crippen LogP) is 1.59. The quantitative estimate of drug-likeness (QED) is 0.804. The number of carbonyl (C=O) groups is 2. The molecule has 1 heterocycles. The molecule has 0 aliphatic rings. The van der Waals surface area contributed by atoms with Gasteiger partial charge in [0, 0.05) is 38.3 Å². The molecule has 22 heavy (non-hydrogen) atoms. The molecule has 0 fully saturated rings. The van der Waals surface area contributed by atoms with Crippen molar-refractivity contribution >= 4 is 22.8 Å². The van der Waals surface area contributed by atoms with E-state index >= 15 is 0 Å². The maximum absolute atomic E-state index is 12.2. The van der Waals surface area contributed by atoms with Crippen LogP contribution < -0.4 is 0 Å². The molecule has 0 aliphatic carbocycles. The number of hydrogen-bond acceptors (Lipinski definition) is 3. The first-order valence-corrected chi connectivity index (χ1v) is 7.14. The number of carboxylic acid groups (broad SMARTS) is 1. The molecule has 118 valence electrons. The van der Waals surface area contributed by atoms with E-state index in [0.717, 1.165) is 10.9 Å². The Morgan fingerprint density at radius 2 is 2.05 bits per heavy atom. The molecule has 6 nitrogen and oxygen atoms in total. The zero-order chi connectivity index (χ0) is 15.9. The van der Waals surface area contributed by atoms with E-state index in [4.69, 9.17) is 9.84 Å². The molecule has 2 aromatic rings. The zero-order valence-electron chi connectivity index (χ0n) is 12.6. The number of hydrogen-bond donors (Lipinski definition) is 1. The van der Waals surface area contributed by atoms with E-state index in [2.05, 4.69) is 0 Å². The van der Waals surface area contributed by atoms with Gasteiger partial charge in [-0.15, -0.1) is 0 Å². The molecule has 0 radical (unpaired) electrons. The molecule has 2 rings (SSSR count). The molecule has 1 amide bonds. The SMILES string of the molecule is COCCN(CC(=O)O)C(=O)CCn1ccc2ccccc21. The van der Waals surface area contributed by atoms with Crippen LogP contribution in [-0.4, -0.2) is 53.3 Å². The molecule has 0 spiro atoms. The largest absolute Gasteiger partial charge is 0.480 e. The van der Waals surface area contributed by atoms with Gasteiger partial charge in [0.05, 0.1) is 6.61 Å². The molecule has 0 bridgehead atoms. The van der Waals surface area contributed by atoms with E-state index in [1.165, 1.54) is 12.0 Å². The summed E-state index contributed by atoms with van der Waals surface area (Å²) in [5.41, 5.74) is 1.07. The molecule has 1 N–H and O–H groups in total. The summed E-state index contributed by atoms with van der Waals surface area (Å²) in [6.45, 7) is 0.837.